The van der Waals surface area contributed by atoms with E-state index in [1.165, 1.54) is 12.1 Å². The van der Waals surface area contributed by atoms with Crippen LogP contribution in [0.3, 0.4) is 0 Å². The van der Waals surface area contributed by atoms with Crippen molar-refractivity contribution < 1.29 is 28.5 Å². The monoisotopic (exact) mass is 423 g/mol. The number of aromatic hydroxyl groups is 1. The summed E-state index contributed by atoms with van der Waals surface area (Å²) in [4.78, 5) is 2.07. The molecule has 0 aromatic heterocycles. The van der Waals surface area contributed by atoms with Crippen molar-refractivity contribution in [3.8, 4) is 5.75 Å². The number of phenols is 1. The van der Waals surface area contributed by atoms with E-state index in [0.717, 1.165) is 17.7 Å². The fourth-order valence-electron chi connectivity index (χ4n) is 4.20. The highest BCUT2D eigenvalue weighted by atomic mass is 19.4. The van der Waals surface area contributed by atoms with Crippen molar-refractivity contribution in [3.63, 3.8) is 0 Å². The predicted molar refractivity (Wildman–Crippen MR) is 108 cm³/mol. The molecule has 0 bridgehead atoms. The van der Waals surface area contributed by atoms with Gasteiger partial charge in [-0.3, -0.25) is 4.90 Å². The van der Waals surface area contributed by atoms with Gasteiger partial charge >= 0.3 is 6.18 Å². The third-order valence-corrected chi connectivity index (χ3v) is 6.26. The van der Waals surface area contributed by atoms with E-state index in [1.54, 1.807) is 26.0 Å². The maximum Gasteiger partial charge on any atom is 0.416 e. The van der Waals surface area contributed by atoms with E-state index in [0.29, 0.717) is 42.6 Å². The first-order valence-electron chi connectivity index (χ1n) is 10.0. The molecule has 1 aliphatic heterocycles. The summed E-state index contributed by atoms with van der Waals surface area (Å²) >= 11 is 0. The smallest absolute Gasteiger partial charge is 0.416 e. The molecule has 1 fully saturated rings. The minimum atomic E-state index is -4.40. The summed E-state index contributed by atoms with van der Waals surface area (Å²) in [5.74, 6) is 0.221. The van der Waals surface area contributed by atoms with E-state index in [2.05, 4.69) is 4.90 Å². The Morgan fingerprint density at radius 2 is 1.50 bits per heavy atom. The Labute approximate surface area is 174 Å². The van der Waals surface area contributed by atoms with Gasteiger partial charge in [-0.2, -0.15) is 13.2 Å². The number of aryl methyl sites for hydroxylation is 2. The van der Waals surface area contributed by atoms with Crippen LogP contribution in [0.1, 0.15) is 53.7 Å². The second-order valence-corrected chi connectivity index (χ2v) is 8.33. The number of hydrogen-bond acceptors (Lipinski definition) is 4. The molecule has 0 radical (unpaired) electrons. The number of aliphatic hydroxyl groups excluding tert-OH is 1. The van der Waals surface area contributed by atoms with Crippen LogP contribution in [0.2, 0.25) is 0 Å². The van der Waals surface area contributed by atoms with Gasteiger partial charge in [0.15, 0.2) is 0 Å². The lowest BCUT2D eigenvalue weighted by atomic mass is 9.83. The molecule has 2 atom stereocenters. The first-order chi connectivity index (χ1) is 13.9. The van der Waals surface area contributed by atoms with E-state index in [-0.39, 0.29) is 11.8 Å². The average molecular weight is 423 g/mol. The van der Waals surface area contributed by atoms with Crippen LogP contribution in [0.15, 0.2) is 36.4 Å². The highest BCUT2D eigenvalue weighted by Crippen LogP contribution is 2.37. The third-order valence-electron chi connectivity index (χ3n) is 6.26. The Balaban J connectivity index is 1.68. The van der Waals surface area contributed by atoms with Crippen molar-refractivity contribution in [2.75, 3.05) is 13.1 Å². The van der Waals surface area contributed by atoms with Crippen molar-refractivity contribution in [2.45, 2.75) is 57.5 Å². The fraction of sp³-hybridized carbons (Fsp3) is 0.478. The quantitative estimate of drug-likeness (QED) is 0.681. The molecule has 3 rings (SSSR count). The maximum atomic E-state index is 12.8. The third kappa shape index (κ3) is 4.48. The van der Waals surface area contributed by atoms with Crippen molar-refractivity contribution in [3.05, 3.63) is 64.2 Å². The van der Waals surface area contributed by atoms with E-state index < -0.39 is 23.4 Å². The summed E-state index contributed by atoms with van der Waals surface area (Å²) < 4.78 is 38.3. The van der Waals surface area contributed by atoms with Crippen LogP contribution in [-0.4, -0.2) is 39.4 Å². The van der Waals surface area contributed by atoms with E-state index >= 15 is 0 Å². The fourth-order valence-corrected chi connectivity index (χ4v) is 4.20. The Morgan fingerprint density at radius 3 is 1.97 bits per heavy atom. The Kier molecular flexibility index (Phi) is 6.18. The minimum absolute atomic E-state index is 0.217. The van der Waals surface area contributed by atoms with Crippen LogP contribution in [0.5, 0.6) is 5.75 Å². The van der Waals surface area contributed by atoms with Crippen LogP contribution in [-0.2, 0) is 11.8 Å². The van der Waals surface area contributed by atoms with E-state index in [1.807, 2.05) is 6.92 Å². The molecule has 3 N–H and O–H groups in total. The van der Waals surface area contributed by atoms with Gasteiger partial charge in [0, 0.05) is 19.1 Å². The van der Waals surface area contributed by atoms with E-state index in [4.69, 9.17) is 0 Å². The lowest BCUT2D eigenvalue weighted by Gasteiger charge is -2.42. The lowest BCUT2D eigenvalue weighted by molar-refractivity contribution is -0.137. The van der Waals surface area contributed by atoms with Gasteiger partial charge in [-0.25, -0.2) is 0 Å². The number of benzene rings is 2. The number of halogens is 3. The second kappa shape index (κ2) is 8.21. The average Bonchev–Trinajstić information content (AvgIpc) is 2.70. The molecule has 0 aliphatic carbocycles. The van der Waals surface area contributed by atoms with Crippen molar-refractivity contribution >= 4 is 0 Å². The molecule has 0 unspecified atom stereocenters. The van der Waals surface area contributed by atoms with Crippen molar-refractivity contribution in [1.29, 1.82) is 0 Å². The SMILES string of the molecule is Cc1cc([C@@H](O)[C@@H](C)N2CCC(O)(c3ccc(C(F)(F)F)cc3)CC2)cc(C)c1O. The number of phenolic OH excluding ortho intramolecular Hbond substituents is 1. The standard InChI is InChI=1S/C23H28F3NO3/c1-14-12-17(13-15(2)20(14)28)21(29)16(3)27-10-8-22(30,9-11-27)18-4-6-19(7-5-18)23(24,25)26/h4-7,12-13,16,21,28-30H,8-11H2,1-3H3/t16-,21+/m1/s1. The molecule has 0 amide bonds. The van der Waals surface area contributed by atoms with Crippen LogP contribution in [0.25, 0.3) is 0 Å². The van der Waals surface area contributed by atoms with Crippen LogP contribution < -0.4 is 0 Å². The summed E-state index contributed by atoms with van der Waals surface area (Å²) in [5.41, 5.74) is 0.686. The molecule has 30 heavy (non-hydrogen) atoms. The van der Waals surface area contributed by atoms with E-state index in [9.17, 15) is 28.5 Å². The molecule has 1 aliphatic rings. The van der Waals surface area contributed by atoms with Crippen molar-refractivity contribution in [1.82, 2.24) is 4.90 Å². The van der Waals surface area contributed by atoms with Crippen LogP contribution in [0.4, 0.5) is 13.2 Å². The molecule has 2 aromatic rings. The molecule has 0 saturated carbocycles. The molecular formula is C23H28F3NO3. The number of piperidine rings is 1. The molecule has 0 spiro atoms. The predicted octanol–water partition coefficient (Wildman–Crippen LogP) is 4.43. The van der Waals surface area contributed by atoms with Gasteiger partial charge in [-0.1, -0.05) is 12.1 Å². The zero-order valence-electron chi connectivity index (χ0n) is 17.4. The summed E-state index contributed by atoms with van der Waals surface area (Å²) in [7, 11) is 0. The summed E-state index contributed by atoms with van der Waals surface area (Å²) in [5, 5.41) is 31.8. The number of aliphatic hydroxyl groups is 2. The number of nitrogens with zero attached hydrogens (tertiary/aromatic N) is 1. The lowest BCUT2D eigenvalue weighted by Crippen LogP contribution is -2.47. The maximum absolute atomic E-state index is 12.8. The molecule has 164 valence electrons. The Morgan fingerprint density at radius 1 is 1.00 bits per heavy atom. The van der Waals surface area contributed by atoms with Gasteiger partial charge in [0.05, 0.1) is 17.3 Å². The van der Waals surface area contributed by atoms with Gasteiger partial charge in [0.2, 0.25) is 0 Å². The summed E-state index contributed by atoms with van der Waals surface area (Å²) in [6.07, 6.45) is -4.44. The van der Waals surface area contributed by atoms with Gasteiger partial charge in [0.1, 0.15) is 5.75 Å². The molecule has 1 heterocycles. The first kappa shape index (κ1) is 22.6. The highest BCUT2D eigenvalue weighted by Gasteiger charge is 2.38. The first-order valence-corrected chi connectivity index (χ1v) is 10.0. The molecule has 4 nitrogen and oxygen atoms in total. The molecule has 7 heteroatoms. The van der Waals surface area contributed by atoms with Gasteiger partial charge in [-0.15, -0.1) is 0 Å². The van der Waals surface area contributed by atoms with Crippen molar-refractivity contribution in [2.24, 2.45) is 0 Å². The highest BCUT2D eigenvalue weighted by molar-refractivity contribution is 5.43. The van der Waals surface area contributed by atoms with Gasteiger partial charge in [0.25, 0.3) is 0 Å². The zero-order valence-corrected chi connectivity index (χ0v) is 17.4. The van der Waals surface area contributed by atoms with Gasteiger partial charge in [-0.05, 0) is 80.1 Å². The molecular weight excluding hydrogens is 395 g/mol. The largest absolute Gasteiger partial charge is 0.507 e. The normalized spacial score (nSPS) is 19.5. The molecule has 1 saturated heterocycles. The number of likely N-dealkylation sites (tertiary alicyclic amines) is 1. The van der Waals surface area contributed by atoms with Gasteiger partial charge < -0.3 is 15.3 Å². The zero-order chi connectivity index (χ0) is 22.3. The number of hydrogen-bond donors (Lipinski definition) is 3. The number of rotatable bonds is 4. The second-order valence-electron chi connectivity index (χ2n) is 8.33. The summed E-state index contributed by atoms with van der Waals surface area (Å²) in [6, 6.07) is 8.02. The van der Waals surface area contributed by atoms with Crippen LogP contribution in [0, 0.1) is 13.8 Å². The Bertz CT molecular complexity index is 865. The minimum Gasteiger partial charge on any atom is -0.507 e. The molecule has 2 aromatic carbocycles. The number of alkyl halides is 3. The topological polar surface area (TPSA) is 63.9 Å². The Hall–Kier alpha value is -2.09. The summed E-state index contributed by atoms with van der Waals surface area (Å²) in [6.45, 7) is 6.49. The van der Waals surface area contributed by atoms with Crippen LogP contribution >= 0.6 is 0 Å².